The molecule has 0 aliphatic rings. The molecule has 0 aromatic heterocycles. The molecule has 0 saturated heterocycles. The fourth-order valence-corrected chi connectivity index (χ4v) is 2.49. The average Bonchev–Trinajstić information content (AvgIpc) is 2.50. The molecule has 0 aliphatic heterocycles. The summed E-state index contributed by atoms with van der Waals surface area (Å²) in [4.78, 5) is 24.0. The van der Waals surface area contributed by atoms with Crippen LogP contribution in [0.25, 0.3) is 0 Å². The Hall–Kier alpha value is -2.08. The van der Waals surface area contributed by atoms with Crippen LogP contribution in [0.2, 0.25) is 0 Å². The second-order valence-electron chi connectivity index (χ2n) is 5.71. The Balaban J connectivity index is 2.80. The van der Waals surface area contributed by atoms with Crippen molar-refractivity contribution in [3.8, 4) is 11.5 Å². The number of rotatable bonds is 10. The third-order valence-electron chi connectivity index (χ3n) is 3.77. The molecule has 1 aromatic carbocycles. The van der Waals surface area contributed by atoms with E-state index in [1.807, 2.05) is 6.92 Å². The van der Waals surface area contributed by atoms with Gasteiger partial charge in [0.1, 0.15) is 11.5 Å². The van der Waals surface area contributed by atoms with Crippen molar-refractivity contribution in [3.05, 3.63) is 23.3 Å². The lowest BCUT2D eigenvalue weighted by atomic mass is 9.96. The molecule has 0 aliphatic carbocycles. The molecular formula is C18H26O6. The zero-order valence-corrected chi connectivity index (χ0v) is 14.2. The van der Waals surface area contributed by atoms with Gasteiger partial charge in [0, 0.05) is 12.5 Å². The monoisotopic (exact) mass is 338 g/mol. The van der Waals surface area contributed by atoms with Crippen molar-refractivity contribution in [1.29, 1.82) is 0 Å². The van der Waals surface area contributed by atoms with Crippen LogP contribution in [-0.4, -0.2) is 39.8 Å². The molecule has 0 saturated carbocycles. The highest BCUT2D eigenvalue weighted by Crippen LogP contribution is 2.29. The number of phenols is 2. The van der Waals surface area contributed by atoms with E-state index in [1.54, 1.807) is 6.92 Å². The Kier molecular flexibility index (Phi) is 8.26. The number of esters is 1. The molecule has 6 heteroatoms. The summed E-state index contributed by atoms with van der Waals surface area (Å²) in [6, 6.07) is 2.38. The van der Waals surface area contributed by atoms with Gasteiger partial charge in [0.05, 0.1) is 24.7 Å². The van der Waals surface area contributed by atoms with E-state index < -0.39 is 5.97 Å². The smallest absolute Gasteiger partial charge is 0.310 e. The number of hydrogen-bond donors (Lipinski definition) is 3. The largest absolute Gasteiger partial charge is 0.508 e. The van der Waals surface area contributed by atoms with Crippen LogP contribution in [0.1, 0.15) is 61.9 Å². The molecule has 0 heterocycles. The number of aliphatic hydroxyl groups excluding tert-OH is 1. The number of unbranched alkanes of at least 4 members (excludes halogenated alkanes) is 1. The van der Waals surface area contributed by atoms with Gasteiger partial charge in [0.2, 0.25) is 0 Å². The molecule has 0 fully saturated rings. The van der Waals surface area contributed by atoms with E-state index in [0.29, 0.717) is 25.7 Å². The van der Waals surface area contributed by atoms with Crippen molar-refractivity contribution in [1.82, 2.24) is 0 Å². The Morgan fingerprint density at radius 2 is 1.88 bits per heavy atom. The highest BCUT2D eigenvalue weighted by atomic mass is 16.5. The molecule has 0 amide bonds. The number of carbonyl (C=O) groups is 2. The van der Waals surface area contributed by atoms with Crippen molar-refractivity contribution in [2.24, 2.45) is 0 Å². The highest BCUT2D eigenvalue weighted by molar-refractivity contribution is 6.01. The summed E-state index contributed by atoms with van der Waals surface area (Å²) >= 11 is 0. The number of Topliss-reactive ketones (excluding diaryl/α,β-unsaturated/α-hetero) is 1. The first-order valence-corrected chi connectivity index (χ1v) is 8.30. The SMILES string of the molecule is CCOC(=O)Cc1cc(O)cc(O)c1C(=O)CCCC[C@H](O)CC. The van der Waals surface area contributed by atoms with Crippen molar-refractivity contribution in [2.75, 3.05) is 6.61 Å². The van der Waals surface area contributed by atoms with E-state index >= 15 is 0 Å². The van der Waals surface area contributed by atoms with Crippen molar-refractivity contribution in [2.45, 2.75) is 58.5 Å². The molecule has 1 aromatic rings. The summed E-state index contributed by atoms with van der Waals surface area (Å²) in [6.45, 7) is 3.78. The van der Waals surface area contributed by atoms with E-state index in [0.717, 1.165) is 6.07 Å². The van der Waals surface area contributed by atoms with Gasteiger partial charge in [0.15, 0.2) is 5.78 Å². The number of carbonyl (C=O) groups excluding carboxylic acids is 2. The summed E-state index contributed by atoms with van der Waals surface area (Å²) in [5.41, 5.74) is 0.307. The molecular weight excluding hydrogens is 312 g/mol. The maximum atomic E-state index is 12.4. The summed E-state index contributed by atoms with van der Waals surface area (Å²) in [7, 11) is 0. The zero-order chi connectivity index (χ0) is 18.1. The maximum absolute atomic E-state index is 12.4. The number of aliphatic hydroxyl groups is 1. The Labute approximate surface area is 142 Å². The highest BCUT2D eigenvalue weighted by Gasteiger charge is 2.20. The minimum Gasteiger partial charge on any atom is -0.508 e. The van der Waals surface area contributed by atoms with Crippen LogP contribution in [0.15, 0.2) is 12.1 Å². The van der Waals surface area contributed by atoms with Crippen molar-refractivity contribution >= 4 is 11.8 Å². The Morgan fingerprint density at radius 1 is 1.17 bits per heavy atom. The predicted molar refractivity (Wildman–Crippen MR) is 89.2 cm³/mol. The molecule has 0 radical (unpaired) electrons. The van der Waals surface area contributed by atoms with Crippen LogP contribution < -0.4 is 0 Å². The minimum atomic E-state index is -0.525. The number of phenolic OH excluding ortho intramolecular Hbond substituents is 2. The Morgan fingerprint density at radius 3 is 2.50 bits per heavy atom. The van der Waals surface area contributed by atoms with Gasteiger partial charge in [-0.3, -0.25) is 9.59 Å². The van der Waals surface area contributed by atoms with Gasteiger partial charge in [0.25, 0.3) is 0 Å². The van der Waals surface area contributed by atoms with Gasteiger partial charge in [-0.1, -0.05) is 13.3 Å². The number of ketones is 1. The van der Waals surface area contributed by atoms with Gasteiger partial charge in [-0.25, -0.2) is 0 Å². The summed E-state index contributed by atoms with van der Waals surface area (Å²) in [5, 5.41) is 29.1. The molecule has 1 atom stereocenters. The Bertz CT molecular complexity index is 567. The van der Waals surface area contributed by atoms with Gasteiger partial charge < -0.3 is 20.1 Å². The lowest BCUT2D eigenvalue weighted by molar-refractivity contribution is -0.142. The normalized spacial score (nSPS) is 12.0. The number of ether oxygens (including phenoxy) is 1. The summed E-state index contributed by atoms with van der Waals surface area (Å²) in [6.07, 6.45) is 2.23. The first-order chi connectivity index (χ1) is 11.4. The lowest BCUT2D eigenvalue weighted by Gasteiger charge is -2.12. The van der Waals surface area contributed by atoms with E-state index in [-0.39, 0.29) is 54.0 Å². The van der Waals surface area contributed by atoms with Crippen molar-refractivity contribution < 1.29 is 29.6 Å². The standard InChI is InChI=1S/C18H26O6/c1-3-13(19)7-5-6-8-15(21)18-12(10-17(23)24-4-2)9-14(20)11-16(18)22/h9,11,13,19-20,22H,3-8,10H2,1-2H3/t13-/m1/s1. The van der Waals surface area contributed by atoms with Crippen LogP contribution in [0.4, 0.5) is 0 Å². The van der Waals surface area contributed by atoms with Gasteiger partial charge >= 0.3 is 5.97 Å². The zero-order valence-electron chi connectivity index (χ0n) is 14.2. The van der Waals surface area contributed by atoms with Gasteiger partial charge in [-0.15, -0.1) is 0 Å². The maximum Gasteiger partial charge on any atom is 0.310 e. The molecule has 0 spiro atoms. The topological polar surface area (TPSA) is 104 Å². The predicted octanol–water partition coefficient (Wildman–Crippen LogP) is 2.72. The first kappa shape index (κ1) is 20.0. The van der Waals surface area contributed by atoms with E-state index in [9.17, 15) is 24.9 Å². The molecule has 1 rings (SSSR count). The second-order valence-corrected chi connectivity index (χ2v) is 5.71. The van der Waals surface area contributed by atoms with E-state index in [2.05, 4.69) is 0 Å². The number of hydrogen-bond acceptors (Lipinski definition) is 6. The third kappa shape index (κ3) is 6.20. The quantitative estimate of drug-likeness (QED) is 0.344. The second kappa shape index (κ2) is 9.93. The number of benzene rings is 1. The molecule has 24 heavy (non-hydrogen) atoms. The van der Waals surface area contributed by atoms with Crippen LogP contribution in [0, 0.1) is 0 Å². The molecule has 134 valence electrons. The van der Waals surface area contributed by atoms with Crippen LogP contribution in [-0.2, 0) is 16.0 Å². The minimum absolute atomic E-state index is 0.0527. The molecule has 6 nitrogen and oxygen atoms in total. The molecule has 0 unspecified atom stereocenters. The van der Waals surface area contributed by atoms with E-state index in [1.165, 1.54) is 6.07 Å². The fraction of sp³-hybridized carbons (Fsp3) is 0.556. The third-order valence-corrected chi connectivity index (χ3v) is 3.77. The van der Waals surface area contributed by atoms with Crippen LogP contribution in [0.3, 0.4) is 0 Å². The summed E-state index contributed by atoms with van der Waals surface area (Å²) < 4.78 is 4.86. The van der Waals surface area contributed by atoms with Gasteiger partial charge in [-0.2, -0.15) is 0 Å². The molecule has 0 bridgehead atoms. The van der Waals surface area contributed by atoms with Crippen molar-refractivity contribution in [3.63, 3.8) is 0 Å². The molecule has 3 N–H and O–H groups in total. The van der Waals surface area contributed by atoms with E-state index in [4.69, 9.17) is 4.74 Å². The fourth-order valence-electron chi connectivity index (χ4n) is 2.49. The summed E-state index contributed by atoms with van der Waals surface area (Å²) in [5.74, 6) is -1.37. The van der Waals surface area contributed by atoms with Crippen LogP contribution >= 0.6 is 0 Å². The average molecular weight is 338 g/mol. The van der Waals surface area contributed by atoms with Gasteiger partial charge in [-0.05, 0) is 37.8 Å². The lowest BCUT2D eigenvalue weighted by Crippen LogP contribution is -2.12. The number of aromatic hydroxyl groups is 2. The first-order valence-electron chi connectivity index (χ1n) is 8.30. The van der Waals surface area contributed by atoms with Crippen LogP contribution in [0.5, 0.6) is 11.5 Å².